The van der Waals surface area contributed by atoms with Gasteiger partial charge in [0.1, 0.15) is 15.9 Å². The molecule has 4 rings (SSSR count). The first-order valence-corrected chi connectivity index (χ1v) is 10.4. The third-order valence-corrected chi connectivity index (χ3v) is 8.20. The van der Waals surface area contributed by atoms with E-state index in [2.05, 4.69) is 14.8 Å². The molecule has 24 heavy (non-hydrogen) atoms. The summed E-state index contributed by atoms with van der Waals surface area (Å²) in [5.41, 5.74) is 0. The first-order valence-electron chi connectivity index (χ1n) is 8.08. The Balaban J connectivity index is 1.67. The molecule has 2 aliphatic heterocycles. The molecule has 1 fully saturated rings. The van der Waals surface area contributed by atoms with Gasteiger partial charge >= 0.3 is 0 Å². The molecule has 0 aliphatic carbocycles. The van der Waals surface area contributed by atoms with Crippen LogP contribution < -0.4 is 0 Å². The molecule has 0 amide bonds. The zero-order valence-corrected chi connectivity index (χ0v) is 15.1. The lowest BCUT2D eigenvalue weighted by atomic mass is 10.1. The van der Waals surface area contributed by atoms with Crippen molar-refractivity contribution in [2.24, 2.45) is 0 Å². The van der Waals surface area contributed by atoms with E-state index in [4.69, 9.17) is 4.74 Å². The van der Waals surface area contributed by atoms with E-state index in [0.29, 0.717) is 30.2 Å². The maximum atomic E-state index is 13.1. The summed E-state index contributed by atoms with van der Waals surface area (Å²) >= 11 is 1.28. The number of hydrogen-bond acceptors (Lipinski definition) is 6. The SMILES string of the molecule is COCCc1nnc2n1CC1CCC(C2)N1S(=O)(=O)c1cccs1. The number of methoxy groups -OCH3 is 1. The summed E-state index contributed by atoms with van der Waals surface area (Å²) in [7, 11) is -1.77. The van der Waals surface area contributed by atoms with Crippen LogP contribution in [0.25, 0.3) is 0 Å². The van der Waals surface area contributed by atoms with Crippen molar-refractivity contribution in [1.29, 1.82) is 0 Å². The van der Waals surface area contributed by atoms with Crippen molar-refractivity contribution in [3.05, 3.63) is 29.2 Å². The quantitative estimate of drug-likeness (QED) is 0.795. The number of rotatable bonds is 5. The molecule has 9 heteroatoms. The third-order valence-electron chi connectivity index (χ3n) is 4.83. The van der Waals surface area contributed by atoms with Gasteiger partial charge in [0, 0.05) is 38.6 Å². The second-order valence-electron chi connectivity index (χ2n) is 6.24. The second kappa shape index (κ2) is 6.21. The summed E-state index contributed by atoms with van der Waals surface area (Å²) < 4.78 is 35.5. The predicted molar refractivity (Wildman–Crippen MR) is 89.5 cm³/mol. The van der Waals surface area contributed by atoms with Crippen LogP contribution in [0.2, 0.25) is 0 Å². The molecule has 2 aromatic rings. The standard InChI is InChI=1S/C15H20N4O3S2/c1-22-7-6-13-16-17-14-9-11-4-5-12(10-18(13)14)19(11)24(20,21)15-3-2-8-23-15/h2-3,8,11-12H,4-7,9-10H2,1H3. The molecule has 7 nitrogen and oxygen atoms in total. The van der Waals surface area contributed by atoms with Gasteiger partial charge in [-0.2, -0.15) is 4.31 Å². The number of thiophene rings is 1. The Morgan fingerprint density at radius 3 is 2.92 bits per heavy atom. The van der Waals surface area contributed by atoms with Gasteiger partial charge in [-0.05, 0) is 24.3 Å². The zero-order chi connectivity index (χ0) is 16.7. The first-order chi connectivity index (χ1) is 11.6. The van der Waals surface area contributed by atoms with Crippen LogP contribution >= 0.6 is 11.3 Å². The zero-order valence-electron chi connectivity index (χ0n) is 13.5. The van der Waals surface area contributed by atoms with Crippen LogP contribution in [-0.4, -0.2) is 53.3 Å². The fourth-order valence-corrected chi connectivity index (χ4v) is 6.70. The number of aromatic nitrogens is 3. The highest BCUT2D eigenvalue weighted by Crippen LogP contribution is 2.37. The van der Waals surface area contributed by atoms with E-state index in [9.17, 15) is 8.42 Å². The lowest BCUT2D eigenvalue weighted by Gasteiger charge is -2.26. The van der Waals surface area contributed by atoms with Gasteiger partial charge in [-0.25, -0.2) is 8.42 Å². The third kappa shape index (κ3) is 2.59. The summed E-state index contributed by atoms with van der Waals surface area (Å²) in [6, 6.07) is 3.42. The molecule has 0 N–H and O–H groups in total. The molecule has 0 saturated carbocycles. The lowest BCUT2D eigenvalue weighted by molar-refractivity contribution is 0.199. The van der Waals surface area contributed by atoms with Crippen molar-refractivity contribution in [2.45, 2.75) is 48.5 Å². The molecule has 2 bridgehead atoms. The number of hydrogen-bond donors (Lipinski definition) is 0. The fraction of sp³-hybridized carbons (Fsp3) is 0.600. The summed E-state index contributed by atoms with van der Waals surface area (Å²) in [6.45, 7) is 1.21. The van der Waals surface area contributed by atoms with Crippen molar-refractivity contribution in [2.75, 3.05) is 13.7 Å². The van der Waals surface area contributed by atoms with Crippen molar-refractivity contribution in [3.63, 3.8) is 0 Å². The van der Waals surface area contributed by atoms with Gasteiger partial charge in [0.25, 0.3) is 10.0 Å². The molecule has 2 aromatic heterocycles. The molecular weight excluding hydrogens is 348 g/mol. The molecule has 0 spiro atoms. The van der Waals surface area contributed by atoms with Crippen LogP contribution in [0.5, 0.6) is 0 Å². The predicted octanol–water partition coefficient (Wildman–Crippen LogP) is 1.31. The Bertz CT molecular complexity index is 816. The molecular formula is C15H20N4O3S2. The Hall–Kier alpha value is -1.29. The Morgan fingerprint density at radius 1 is 1.33 bits per heavy atom. The summed E-state index contributed by atoms with van der Waals surface area (Å²) in [5.74, 6) is 1.77. The Kier molecular flexibility index (Phi) is 4.19. The topological polar surface area (TPSA) is 77.3 Å². The molecule has 2 unspecified atom stereocenters. The Morgan fingerprint density at radius 2 is 2.17 bits per heavy atom. The van der Waals surface area contributed by atoms with E-state index in [1.165, 1.54) is 11.3 Å². The second-order valence-corrected chi connectivity index (χ2v) is 9.26. The van der Waals surface area contributed by atoms with Crippen LogP contribution in [-0.2, 0) is 34.1 Å². The number of ether oxygens (including phenoxy) is 1. The highest BCUT2D eigenvalue weighted by molar-refractivity contribution is 7.91. The minimum absolute atomic E-state index is 0.0252. The average Bonchev–Trinajstić information content (AvgIpc) is 3.25. The van der Waals surface area contributed by atoms with Crippen LogP contribution in [0.3, 0.4) is 0 Å². The number of fused-ring (bicyclic) bond motifs is 3. The summed E-state index contributed by atoms with van der Waals surface area (Å²) in [4.78, 5) is 0. The molecule has 130 valence electrons. The van der Waals surface area contributed by atoms with Crippen molar-refractivity contribution < 1.29 is 13.2 Å². The van der Waals surface area contributed by atoms with E-state index in [1.54, 1.807) is 23.5 Å². The summed E-state index contributed by atoms with van der Waals surface area (Å²) in [5, 5.41) is 10.4. The van der Waals surface area contributed by atoms with E-state index in [1.807, 2.05) is 5.38 Å². The molecule has 2 atom stereocenters. The fourth-order valence-electron chi connectivity index (χ4n) is 3.74. The molecule has 2 aliphatic rings. The first kappa shape index (κ1) is 16.2. The van der Waals surface area contributed by atoms with Crippen LogP contribution in [0.1, 0.15) is 24.5 Å². The van der Waals surface area contributed by atoms with Crippen molar-refractivity contribution in [1.82, 2.24) is 19.1 Å². The molecule has 0 aromatic carbocycles. The molecule has 0 radical (unpaired) electrons. The van der Waals surface area contributed by atoms with Crippen molar-refractivity contribution >= 4 is 21.4 Å². The molecule has 1 saturated heterocycles. The average molecular weight is 368 g/mol. The van der Waals surface area contributed by atoms with Crippen LogP contribution in [0, 0.1) is 0 Å². The van der Waals surface area contributed by atoms with Crippen LogP contribution in [0.4, 0.5) is 0 Å². The lowest BCUT2D eigenvalue weighted by Crippen LogP contribution is -2.41. The van der Waals surface area contributed by atoms with E-state index < -0.39 is 10.0 Å². The minimum Gasteiger partial charge on any atom is -0.384 e. The van der Waals surface area contributed by atoms with Gasteiger partial charge in [0.2, 0.25) is 0 Å². The minimum atomic E-state index is -3.44. The smallest absolute Gasteiger partial charge is 0.253 e. The number of sulfonamides is 1. The van der Waals surface area contributed by atoms with Gasteiger partial charge in [0.15, 0.2) is 0 Å². The number of nitrogens with zero attached hydrogens (tertiary/aromatic N) is 4. The van der Waals surface area contributed by atoms with Crippen LogP contribution in [0.15, 0.2) is 21.7 Å². The van der Waals surface area contributed by atoms with E-state index in [0.717, 1.165) is 24.5 Å². The van der Waals surface area contributed by atoms with E-state index >= 15 is 0 Å². The largest absolute Gasteiger partial charge is 0.384 e. The van der Waals surface area contributed by atoms with Gasteiger partial charge in [-0.1, -0.05) is 6.07 Å². The van der Waals surface area contributed by atoms with Gasteiger partial charge in [-0.3, -0.25) is 0 Å². The van der Waals surface area contributed by atoms with Gasteiger partial charge in [-0.15, -0.1) is 21.5 Å². The van der Waals surface area contributed by atoms with Gasteiger partial charge < -0.3 is 9.30 Å². The van der Waals surface area contributed by atoms with Gasteiger partial charge in [0.05, 0.1) is 6.61 Å². The maximum absolute atomic E-state index is 13.1. The van der Waals surface area contributed by atoms with Crippen molar-refractivity contribution in [3.8, 4) is 0 Å². The monoisotopic (exact) mass is 368 g/mol. The molecule has 4 heterocycles. The normalized spacial score (nSPS) is 24.0. The highest BCUT2D eigenvalue weighted by Gasteiger charge is 2.45. The Labute approximate surface area is 145 Å². The van der Waals surface area contributed by atoms with E-state index in [-0.39, 0.29) is 12.1 Å². The summed E-state index contributed by atoms with van der Waals surface area (Å²) in [6.07, 6.45) is 3.09. The maximum Gasteiger partial charge on any atom is 0.253 e. The highest BCUT2D eigenvalue weighted by atomic mass is 32.2.